The number of esters is 1. The summed E-state index contributed by atoms with van der Waals surface area (Å²) in [6.07, 6.45) is 0.576. The molecule has 0 fully saturated rings. The topological polar surface area (TPSA) is 123 Å². The van der Waals surface area contributed by atoms with Crippen molar-refractivity contribution in [1.82, 2.24) is 9.13 Å². The largest absolute Gasteiger partial charge is 0.489 e. The highest BCUT2D eigenvalue weighted by atomic mass is 16.5. The molecule has 0 aliphatic carbocycles. The summed E-state index contributed by atoms with van der Waals surface area (Å²) in [5.41, 5.74) is 4.94. The summed E-state index contributed by atoms with van der Waals surface area (Å²) >= 11 is 0. The fourth-order valence-corrected chi connectivity index (χ4v) is 3.29. The van der Waals surface area contributed by atoms with Gasteiger partial charge in [0.05, 0.1) is 5.56 Å². The first-order chi connectivity index (χ1) is 15.8. The van der Waals surface area contributed by atoms with E-state index in [-0.39, 0.29) is 30.1 Å². The third-order valence-corrected chi connectivity index (χ3v) is 5.02. The van der Waals surface area contributed by atoms with Crippen molar-refractivity contribution in [2.45, 2.75) is 26.5 Å². The molecule has 0 bridgehead atoms. The molecule has 0 atom stereocenters. The maximum atomic E-state index is 12.7. The lowest BCUT2D eigenvalue weighted by Gasteiger charge is -2.14. The van der Waals surface area contributed by atoms with Gasteiger partial charge in [-0.2, -0.15) is 0 Å². The molecule has 0 unspecified atom stereocenters. The molecule has 0 radical (unpaired) electrons. The molecule has 3 aromatic rings. The van der Waals surface area contributed by atoms with E-state index in [2.05, 4.69) is 0 Å². The first-order valence-electron chi connectivity index (χ1n) is 10.4. The Kier molecular flexibility index (Phi) is 7.45. The number of carbonyl (C=O) groups excluding carboxylic acids is 2. The number of hydrogen-bond acceptors (Lipinski definition) is 7. The average Bonchev–Trinajstić information content (AvgIpc) is 2.83. The van der Waals surface area contributed by atoms with Gasteiger partial charge < -0.3 is 15.2 Å². The van der Waals surface area contributed by atoms with Crippen molar-refractivity contribution in [3.63, 3.8) is 0 Å². The number of hydrogen-bond donors (Lipinski definition) is 1. The summed E-state index contributed by atoms with van der Waals surface area (Å²) in [4.78, 5) is 50.2. The van der Waals surface area contributed by atoms with Crippen molar-refractivity contribution in [2.75, 3.05) is 12.3 Å². The Morgan fingerprint density at radius 1 is 1.00 bits per heavy atom. The van der Waals surface area contributed by atoms with Gasteiger partial charge in [-0.25, -0.2) is 9.59 Å². The molecule has 1 aromatic heterocycles. The fourth-order valence-electron chi connectivity index (χ4n) is 3.29. The minimum Gasteiger partial charge on any atom is -0.489 e. The summed E-state index contributed by atoms with van der Waals surface area (Å²) in [6, 6.07) is 15.8. The first kappa shape index (κ1) is 23.5. The van der Waals surface area contributed by atoms with E-state index in [1.54, 1.807) is 36.4 Å². The number of Topliss-reactive ketones (excluding diaryl/α,β-unsaturated/α-hetero) is 1. The normalized spacial score (nSPS) is 10.6. The Morgan fingerprint density at radius 3 is 2.36 bits per heavy atom. The van der Waals surface area contributed by atoms with Gasteiger partial charge in [-0.1, -0.05) is 43.3 Å². The van der Waals surface area contributed by atoms with Crippen LogP contribution in [0, 0.1) is 0 Å². The molecule has 0 aliphatic heterocycles. The van der Waals surface area contributed by atoms with Crippen LogP contribution in [0.15, 0.2) is 64.2 Å². The molecule has 2 aromatic carbocycles. The summed E-state index contributed by atoms with van der Waals surface area (Å²) < 4.78 is 12.9. The van der Waals surface area contributed by atoms with Gasteiger partial charge in [-0.3, -0.25) is 18.7 Å². The second-order valence-corrected chi connectivity index (χ2v) is 7.32. The average molecular weight is 451 g/mol. The number of nitrogen functional groups attached to an aromatic ring is 1. The van der Waals surface area contributed by atoms with Crippen molar-refractivity contribution >= 4 is 17.6 Å². The third kappa shape index (κ3) is 5.20. The van der Waals surface area contributed by atoms with Crippen LogP contribution in [-0.4, -0.2) is 27.5 Å². The lowest BCUT2D eigenvalue weighted by Crippen LogP contribution is -2.43. The molecule has 0 saturated carbocycles. The van der Waals surface area contributed by atoms with Gasteiger partial charge in [0.25, 0.3) is 5.56 Å². The molecule has 172 valence electrons. The molecule has 3 rings (SSSR count). The van der Waals surface area contributed by atoms with Crippen LogP contribution in [0.3, 0.4) is 0 Å². The monoisotopic (exact) mass is 451 g/mol. The van der Waals surface area contributed by atoms with Crippen LogP contribution in [0.25, 0.3) is 0 Å². The molecule has 9 nitrogen and oxygen atoms in total. The van der Waals surface area contributed by atoms with Crippen LogP contribution in [0.1, 0.15) is 39.6 Å². The molecular weight excluding hydrogens is 426 g/mol. The zero-order chi connectivity index (χ0) is 24.0. The molecule has 1 heterocycles. The van der Waals surface area contributed by atoms with Crippen molar-refractivity contribution in [3.05, 3.63) is 92.1 Å². The summed E-state index contributed by atoms with van der Waals surface area (Å²) in [6.45, 7) is 1.50. The lowest BCUT2D eigenvalue weighted by molar-refractivity contribution is 0.0471. The van der Waals surface area contributed by atoms with E-state index in [4.69, 9.17) is 15.2 Å². The Bertz CT molecular complexity index is 1280. The van der Waals surface area contributed by atoms with Crippen LogP contribution in [-0.2, 0) is 24.9 Å². The SMILES string of the molecule is CCCn1c(N)c(C(=O)COC(=O)c2ccccc2COc2ccccc2)c(=O)n(C)c1=O. The molecule has 33 heavy (non-hydrogen) atoms. The van der Waals surface area contributed by atoms with Crippen molar-refractivity contribution in [3.8, 4) is 5.75 Å². The minimum atomic E-state index is -0.831. The first-order valence-corrected chi connectivity index (χ1v) is 10.4. The van der Waals surface area contributed by atoms with Gasteiger partial charge in [-0.15, -0.1) is 0 Å². The molecule has 0 aliphatic rings. The van der Waals surface area contributed by atoms with Crippen LogP contribution >= 0.6 is 0 Å². The number of anilines is 1. The lowest BCUT2D eigenvalue weighted by atomic mass is 10.1. The number of carbonyl (C=O) groups is 2. The van der Waals surface area contributed by atoms with Crippen LogP contribution in [0.4, 0.5) is 5.82 Å². The molecule has 0 saturated heterocycles. The van der Waals surface area contributed by atoms with Crippen molar-refractivity contribution in [1.29, 1.82) is 0 Å². The smallest absolute Gasteiger partial charge is 0.338 e. The number of benzene rings is 2. The zero-order valence-corrected chi connectivity index (χ0v) is 18.4. The van der Waals surface area contributed by atoms with Gasteiger partial charge in [0.2, 0.25) is 5.78 Å². The van der Waals surface area contributed by atoms with E-state index < -0.39 is 29.6 Å². The highest BCUT2D eigenvalue weighted by Crippen LogP contribution is 2.16. The van der Waals surface area contributed by atoms with Crippen molar-refractivity contribution < 1.29 is 19.1 Å². The minimum absolute atomic E-state index is 0.124. The molecule has 2 N–H and O–H groups in total. The highest BCUT2D eigenvalue weighted by Gasteiger charge is 2.23. The molecule has 0 amide bonds. The van der Waals surface area contributed by atoms with Gasteiger partial charge in [-0.05, 0) is 24.6 Å². The summed E-state index contributed by atoms with van der Waals surface area (Å²) in [7, 11) is 1.27. The standard InChI is InChI=1S/C24H25N3O6/c1-3-13-27-21(25)20(22(29)26(2)24(27)31)19(28)15-33-23(30)18-12-8-7-9-16(18)14-32-17-10-5-4-6-11-17/h4-12H,3,13-15,25H2,1-2H3. The molecule has 9 heteroatoms. The Labute approximate surface area is 190 Å². The predicted octanol–water partition coefficient (Wildman–Crippen LogP) is 2.16. The van der Waals surface area contributed by atoms with Crippen LogP contribution in [0.2, 0.25) is 0 Å². The number of nitrogens with zero attached hydrogens (tertiary/aromatic N) is 2. The number of para-hydroxylation sites is 1. The molecule has 0 spiro atoms. The Balaban J connectivity index is 1.76. The Morgan fingerprint density at radius 2 is 1.67 bits per heavy atom. The van der Waals surface area contributed by atoms with Crippen LogP contribution in [0.5, 0.6) is 5.75 Å². The number of aromatic nitrogens is 2. The maximum Gasteiger partial charge on any atom is 0.338 e. The predicted molar refractivity (Wildman–Crippen MR) is 122 cm³/mol. The zero-order valence-electron chi connectivity index (χ0n) is 18.4. The van der Waals surface area contributed by atoms with E-state index in [9.17, 15) is 19.2 Å². The maximum absolute atomic E-state index is 12.7. The van der Waals surface area contributed by atoms with Gasteiger partial charge in [0, 0.05) is 19.2 Å². The Hall–Kier alpha value is -4.14. The quantitative estimate of drug-likeness (QED) is 0.391. The van der Waals surface area contributed by atoms with Gasteiger partial charge >= 0.3 is 11.7 Å². The second kappa shape index (κ2) is 10.4. The van der Waals surface area contributed by atoms with E-state index in [1.165, 1.54) is 7.05 Å². The summed E-state index contributed by atoms with van der Waals surface area (Å²) in [5.74, 6) is -1.12. The fraction of sp³-hybridized carbons (Fsp3) is 0.250. The third-order valence-electron chi connectivity index (χ3n) is 5.02. The number of ketones is 1. The van der Waals surface area contributed by atoms with Crippen molar-refractivity contribution in [2.24, 2.45) is 7.05 Å². The van der Waals surface area contributed by atoms with Gasteiger partial charge in [0.15, 0.2) is 6.61 Å². The summed E-state index contributed by atoms with van der Waals surface area (Å²) in [5, 5.41) is 0. The van der Waals surface area contributed by atoms with Crippen LogP contribution < -0.4 is 21.7 Å². The van der Waals surface area contributed by atoms with E-state index in [0.717, 1.165) is 9.13 Å². The second-order valence-electron chi connectivity index (χ2n) is 7.32. The van der Waals surface area contributed by atoms with E-state index >= 15 is 0 Å². The van der Waals surface area contributed by atoms with E-state index in [1.807, 2.05) is 25.1 Å². The van der Waals surface area contributed by atoms with E-state index in [0.29, 0.717) is 17.7 Å². The number of rotatable bonds is 9. The molecular formula is C24H25N3O6. The van der Waals surface area contributed by atoms with Gasteiger partial charge in [0.1, 0.15) is 23.7 Å². The highest BCUT2D eigenvalue weighted by molar-refractivity contribution is 6.02. The number of nitrogens with two attached hydrogens (primary N) is 1. The number of ether oxygens (including phenoxy) is 2.